The fourth-order valence-corrected chi connectivity index (χ4v) is 2.84. The van der Waals surface area contributed by atoms with Crippen LogP contribution in [0.25, 0.3) is 0 Å². The maximum atomic E-state index is 5.98. The first-order valence-corrected chi connectivity index (χ1v) is 7.54. The molecule has 2 unspecified atom stereocenters. The van der Waals surface area contributed by atoms with E-state index in [1.54, 1.807) is 0 Å². The monoisotopic (exact) mass is 260 g/mol. The quantitative estimate of drug-likeness (QED) is 0.824. The standard InChI is InChI=1S/C17H28N2/c1-11-7-13(3)16(8-12(11)2)17(9-18)19-10-14(4)15-5-6-15/h7-8,14-15,17,19H,5-6,9-10,18H2,1-4H3. The Morgan fingerprint density at radius 3 is 2.37 bits per heavy atom. The Bertz CT molecular complexity index is 435. The summed E-state index contributed by atoms with van der Waals surface area (Å²) in [6, 6.07) is 4.87. The summed E-state index contributed by atoms with van der Waals surface area (Å²) in [6.07, 6.45) is 2.83. The summed E-state index contributed by atoms with van der Waals surface area (Å²) < 4.78 is 0. The van der Waals surface area contributed by atoms with E-state index in [0.29, 0.717) is 12.6 Å². The van der Waals surface area contributed by atoms with Crippen molar-refractivity contribution in [2.75, 3.05) is 13.1 Å². The molecule has 0 aromatic heterocycles. The van der Waals surface area contributed by atoms with E-state index >= 15 is 0 Å². The second-order valence-electron chi connectivity index (χ2n) is 6.30. The summed E-state index contributed by atoms with van der Waals surface area (Å²) in [5.74, 6) is 1.73. The Balaban J connectivity index is 2.05. The van der Waals surface area contributed by atoms with Crippen LogP contribution in [0.1, 0.15) is 48.1 Å². The number of benzene rings is 1. The van der Waals surface area contributed by atoms with E-state index in [1.807, 2.05) is 0 Å². The summed E-state index contributed by atoms with van der Waals surface area (Å²) in [5, 5.41) is 3.67. The number of rotatable bonds is 6. The third-order valence-electron chi connectivity index (χ3n) is 4.61. The van der Waals surface area contributed by atoms with Crippen molar-refractivity contribution < 1.29 is 0 Å². The molecule has 1 fully saturated rings. The molecule has 2 atom stereocenters. The van der Waals surface area contributed by atoms with Crippen LogP contribution in [0.4, 0.5) is 0 Å². The fourth-order valence-electron chi connectivity index (χ4n) is 2.84. The van der Waals surface area contributed by atoms with Crippen molar-refractivity contribution >= 4 is 0 Å². The molecule has 2 rings (SSSR count). The average Bonchev–Trinajstić information content (AvgIpc) is 3.19. The lowest BCUT2D eigenvalue weighted by atomic mass is 9.95. The second kappa shape index (κ2) is 6.06. The van der Waals surface area contributed by atoms with Gasteiger partial charge in [-0.05, 0) is 74.2 Å². The summed E-state index contributed by atoms with van der Waals surface area (Å²) >= 11 is 0. The molecule has 1 aromatic carbocycles. The Kier molecular flexibility index (Phi) is 4.64. The van der Waals surface area contributed by atoms with Gasteiger partial charge in [-0.2, -0.15) is 0 Å². The van der Waals surface area contributed by atoms with Crippen LogP contribution in [-0.4, -0.2) is 13.1 Å². The van der Waals surface area contributed by atoms with Crippen molar-refractivity contribution in [2.24, 2.45) is 17.6 Å². The predicted octanol–water partition coefficient (Wildman–Crippen LogP) is 3.25. The van der Waals surface area contributed by atoms with Crippen LogP contribution in [0.5, 0.6) is 0 Å². The highest BCUT2D eigenvalue weighted by atomic mass is 14.9. The Labute approximate surface area is 117 Å². The summed E-state index contributed by atoms with van der Waals surface area (Å²) in [4.78, 5) is 0. The molecule has 1 saturated carbocycles. The Morgan fingerprint density at radius 1 is 1.16 bits per heavy atom. The number of aryl methyl sites for hydroxylation is 3. The first-order chi connectivity index (χ1) is 9.02. The van der Waals surface area contributed by atoms with Gasteiger partial charge < -0.3 is 11.1 Å². The minimum Gasteiger partial charge on any atom is -0.329 e. The molecular weight excluding hydrogens is 232 g/mol. The van der Waals surface area contributed by atoms with E-state index < -0.39 is 0 Å². The van der Waals surface area contributed by atoms with Gasteiger partial charge in [-0.1, -0.05) is 19.1 Å². The fraction of sp³-hybridized carbons (Fsp3) is 0.647. The van der Waals surface area contributed by atoms with E-state index in [-0.39, 0.29) is 0 Å². The second-order valence-corrected chi connectivity index (χ2v) is 6.30. The highest BCUT2D eigenvalue weighted by Crippen LogP contribution is 2.36. The van der Waals surface area contributed by atoms with Crippen molar-refractivity contribution in [2.45, 2.75) is 46.6 Å². The van der Waals surface area contributed by atoms with Crippen LogP contribution in [-0.2, 0) is 0 Å². The highest BCUT2D eigenvalue weighted by Gasteiger charge is 2.28. The van der Waals surface area contributed by atoms with Crippen molar-refractivity contribution in [3.63, 3.8) is 0 Å². The molecule has 1 aromatic rings. The molecule has 3 N–H and O–H groups in total. The summed E-state index contributed by atoms with van der Waals surface area (Å²) in [5.41, 5.74) is 11.4. The van der Waals surface area contributed by atoms with Gasteiger partial charge in [-0.25, -0.2) is 0 Å². The molecule has 0 heterocycles. The van der Waals surface area contributed by atoms with E-state index in [1.165, 1.54) is 35.1 Å². The normalized spacial score (nSPS) is 18.4. The van der Waals surface area contributed by atoms with Crippen molar-refractivity contribution in [3.8, 4) is 0 Å². The lowest BCUT2D eigenvalue weighted by molar-refractivity contribution is 0.422. The van der Waals surface area contributed by atoms with Gasteiger partial charge in [0.05, 0.1) is 0 Å². The molecule has 0 bridgehead atoms. The van der Waals surface area contributed by atoms with Gasteiger partial charge in [0.1, 0.15) is 0 Å². The van der Waals surface area contributed by atoms with Crippen LogP contribution in [0.2, 0.25) is 0 Å². The molecule has 1 aliphatic carbocycles. The summed E-state index contributed by atoms with van der Waals surface area (Å²) in [6.45, 7) is 10.6. The molecule has 1 aliphatic rings. The average molecular weight is 260 g/mol. The van der Waals surface area contributed by atoms with Gasteiger partial charge in [0.15, 0.2) is 0 Å². The molecule has 0 radical (unpaired) electrons. The van der Waals surface area contributed by atoms with Crippen molar-refractivity contribution in [1.82, 2.24) is 5.32 Å². The number of hydrogen-bond acceptors (Lipinski definition) is 2. The zero-order valence-electron chi connectivity index (χ0n) is 12.8. The van der Waals surface area contributed by atoms with Crippen LogP contribution in [0.3, 0.4) is 0 Å². The molecule has 2 nitrogen and oxygen atoms in total. The van der Waals surface area contributed by atoms with E-state index in [9.17, 15) is 0 Å². The molecule has 19 heavy (non-hydrogen) atoms. The zero-order chi connectivity index (χ0) is 14.0. The minimum absolute atomic E-state index is 0.292. The lowest BCUT2D eigenvalue weighted by Crippen LogP contribution is -2.32. The van der Waals surface area contributed by atoms with Crippen molar-refractivity contribution in [3.05, 3.63) is 34.4 Å². The highest BCUT2D eigenvalue weighted by molar-refractivity contribution is 5.38. The van der Waals surface area contributed by atoms with Gasteiger partial charge in [0.25, 0.3) is 0 Å². The SMILES string of the molecule is Cc1cc(C)c(C(CN)NCC(C)C2CC2)cc1C. The Hall–Kier alpha value is -0.860. The molecule has 0 aliphatic heterocycles. The zero-order valence-corrected chi connectivity index (χ0v) is 12.8. The maximum absolute atomic E-state index is 5.98. The van der Waals surface area contributed by atoms with Gasteiger partial charge >= 0.3 is 0 Å². The van der Waals surface area contributed by atoms with E-state index in [2.05, 4.69) is 45.1 Å². The minimum atomic E-state index is 0.292. The van der Waals surface area contributed by atoms with Gasteiger partial charge in [-0.15, -0.1) is 0 Å². The molecule has 0 amide bonds. The number of nitrogens with one attached hydrogen (secondary N) is 1. The summed E-state index contributed by atoms with van der Waals surface area (Å²) in [7, 11) is 0. The lowest BCUT2D eigenvalue weighted by Gasteiger charge is -2.23. The van der Waals surface area contributed by atoms with Gasteiger partial charge in [0, 0.05) is 12.6 Å². The van der Waals surface area contributed by atoms with Gasteiger partial charge in [-0.3, -0.25) is 0 Å². The topological polar surface area (TPSA) is 38.0 Å². The van der Waals surface area contributed by atoms with Gasteiger partial charge in [0.2, 0.25) is 0 Å². The van der Waals surface area contributed by atoms with Crippen LogP contribution < -0.4 is 11.1 Å². The van der Waals surface area contributed by atoms with Crippen LogP contribution >= 0.6 is 0 Å². The van der Waals surface area contributed by atoms with Crippen LogP contribution in [0, 0.1) is 32.6 Å². The predicted molar refractivity (Wildman–Crippen MR) is 82.3 cm³/mol. The molecule has 0 spiro atoms. The number of hydrogen-bond donors (Lipinski definition) is 2. The molecule has 2 heteroatoms. The largest absolute Gasteiger partial charge is 0.329 e. The third kappa shape index (κ3) is 3.58. The van der Waals surface area contributed by atoms with Crippen LogP contribution in [0.15, 0.2) is 12.1 Å². The molecule has 106 valence electrons. The number of nitrogens with two attached hydrogens (primary N) is 1. The first-order valence-electron chi connectivity index (χ1n) is 7.54. The van der Waals surface area contributed by atoms with E-state index in [4.69, 9.17) is 5.73 Å². The van der Waals surface area contributed by atoms with Crippen molar-refractivity contribution in [1.29, 1.82) is 0 Å². The van der Waals surface area contributed by atoms with E-state index in [0.717, 1.165) is 18.4 Å². The smallest absolute Gasteiger partial charge is 0.0447 e. The first kappa shape index (κ1) is 14.5. The molecular formula is C17H28N2. The Morgan fingerprint density at radius 2 is 1.79 bits per heavy atom. The molecule has 0 saturated heterocycles. The maximum Gasteiger partial charge on any atom is 0.0447 e. The third-order valence-corrected chi connectivity index (χ3v) is 4.61.